The third-order valence-electron chi connectivity index (χ3n) is 3.30. The van der Waals surface area contributed by atoms with E-state index in [4.69, 9.17) is 9.47 Å². The maximum Gasteiger partial charge on any atom is 0.267 e. The van der Waals surface area contributed by atoms with Gasteiger partial charge in [-0.2, -0.15) is 0 Å². The molecular weight excluding hydrogens is 296 g/mol. The van der Waals surface area contributed by atoms with Crippen molar-refractivity contribution in [3.8, 4) is 11.5 Å². The summed E-state index contributed by atoms with van der Waals surface area (Å²) < 4.78 is 10.9. The minimum Gasteiger partial charge on any atom is -0.484 e. The molecule has 2 amide bonds. The van der Waals surface area contributed by atoms with E-state index >= 15 is 0 Å². The number of ether oxygens (including phenoxy) is 2. The van der Waals surface area contributed by atoms with Crippen molar-refractivity contribution in [3.63, 3.8) is 0 Å². The van der Waals surface area contributed by atoms with Crippen molar-refractivity contribution in [3.05, 3.63) is 54.6 Å². The molecule has 1 atom stereocenters. The second-order valence-electron chi connectivity index (χ2n) is 5.00. The zero-order valence-corrected chi connectivity index (χ0v) is 12.3. The first-order chi connectivity index (χ1) is 11.2. The quantitative estimate of drug-likeness (QED) is 0.879. The molecular formula is C17H16N2O4. The molecule has 23 heavy (non-hydrogen) atoms. The van der Waals surface area contributed by atoms with Crippen LogP contribution in [-0.2, 0) is 9.59 Å². The molecule has 0 aromatic heterocycles. The zero-order chi connectivity index (χ0) is 16.1. The highest BCUT2D eigenvalue weighted by molar-refractivity contribution is 5.98. The van der Waals surface area contributed by atoms with Crippen LogP contribution in [-0.4, -0.2) is 31.1 Å². The van der Waals surface area contributed by atoms with Crippen molar-refractivity contribution < 1.29 is 19.1 Å². The Hall–Kier alpha value is -3.02. The Morgan fingerprint density at radius 1 is 1.13 bits per heavy atom. The Morgan fingerprint density at radius 3 is 2.70 bits per heavy atom. The molecule has 1 aliphatic heterocycles. The summed E-state index contributed by atoms with van der Waals surface area (Å²) in [7, 11) is 0. The molecule has 0 spiro atoms. The van der Waals surface area contributed by atoms with E-state index in [0.717, 1.165) is 0 Å². The van der Waals surface area contributed by atoms with E-state index in [0.29, 0.717) is 17.2 Å². The van der Waals surface area contributed by atoms with Gasteiger partial charge in [0.1, 0.15) is 11.5 Å². The number of hydrogen-bond donors (Lipinski definition) is 2. The molecule has 118 valence electrons. The van der Waals surface area contributed by atoms with Gasteiger partial charge in [0.2, 0.25) is 0 Å². The summed E-state index contributed by atoms with van der Waals surface area (Å²) in [6, 6.07) is 16.2. The molecule has 2 aromatic rings. The maximum absolute atomic E-state index is 11.9. The van der Waals surface area contributed by atoms with E-state index < -0.39 is 6.10 Å². The van der Waals surface area contributed by atoms with E-state index in [1.807, 2.05) is 30.3 Å². The number of carbonyl (C=O) groups excluding carboxylic acids is 2. The van der Waals surface area contributed by atoms with Crippen LogP contribution in [0.15, 0.2) is 54.6 Å². The fraction of sp³-hybridized carbons (Fsp3) is 0.176. The number of hydrogen-bond acceptors (Lipinski definition) is 4. The molecule has 0 bridgehead atoms. The van der Waals surface area contributed by atoms with Gasteiger partial charge in [0.25, 0.3) is 11.8 Å². The highest BCUT2D eigenvalue weighted by atomic mass is 16.5. The van der Waals surface area contributed by atoms with Gasteiger partial charge in [-0.25, -0.2) is 0 Å². The van der Waals surface area contributed by atoms with Gasteiger partial charge in [-0.3, -0.25) is 9.59 Å². The zero-order valence-electron chi connectivity index (χ0n) is 12.3. The van der Waals surface area contributed by atoms with Gasteiger partial charge >= 0.3 is 0 Å². The van der Waals surface area contributed by atoms with Crippen LogP contribution in [0.2, 0.25) is 0 Å². The van der Waals surface area contributed by atoms with Crippen molar-refractivity contribution in [1.82, 2.24) is 5.32 Å². The molecule has 0 radical (unpaired) electrons. The summed E-state index contributed by atoms with van der Waals surface area (Å²) in [4.78, 5) is 23.7. The van der Waals surface area contributed by atoms with Gasteiger partial charge in [0.15, 0.2) is 12.7 Å². The lowest BCUT2D eigenvalue weighted by molar-refractivity contribution is -0.126. The first-order valence-corrected chi connectivity index (χ1v) is 7.23. The molecule has 1 unspecified atom stereocenters. The van der Waals surface area contributed by atoms with Crippen LogP contribution in [0.25, 0.3) is 0 Å². The summed E-state index contributed by atoms with van der Waals surface area (Å²) >= 11 is 0. The van der Waals surface area contributed by atoms with Crippen LogP contribution in [0.4, 0.5) is 5.69 Å². The average molecular weight is 312 g/mol. The molecule has 0 aliphatic carbocycles. The van der Waals surface area contributed by atoms with Crippen molar-refractivity contribution in [2.24, 2.45) is 0 Å². The lowest BCUT2D eigenvalue weighted by atomic mass is 10.2. The van der Waals surface area contributed by atoms with Gasteiger partial charge in [-0.05, 0) is 24.3 Å². The predicted molar refractivity (Wildman–Crippen MR) is 84.4 cm³/mol. The highest BCUT2D eigenvalue weighted by Gasteiger charge is 2.27. The standard InChI is InChI=1S/C17H16N2O4/c20-16(11-22-12-6-2-1-3-7-12)18-10-15-17(21)19-13-8-4-5-9-14(13)23-15/h1-9,15H,10-11H2,(H,18,20)(H,19,21). The topological polar surface area (TPSA) is 76.7 Å². The molecule has 3 rings (SSSR count). The molecule has 6 nitrogen and oxygen atoms in total. The van der Waals surface area contributed by atoms with E-state index in [9.17, 15) is 9.59 Å². The molecule has 2 aromatic carbocycles. The number of amides is 2. The van der Waals surface area contributed by atoms with Crippen molar-refractivity contribution in [2.45, 2.75) is 6.10 Å². The summed E-state index contributed by atoms with van der Waals surface area (Å²) in [5.74, 6) is 0.604. The monoisotopic (exact) mass is 312 g/mol. The number of benzene rings is 2. The van der Waals surface area contributed by atoms with Gasteiger partial charge in [0.05, 0.1) is 12.2 Å². The first-order valence-electron chi connectivity index (χ1n) is 7.23. The summed E-state index contributed by atoms with van der Waals surface area (Å²) in [6.45, 7) is -0.0356. The van der Waals surface area contributed by atoms with Gasteiger partial charge < -0.3 is 20.1 Å². The number of fused-ring (bicyclic) bond motifs is 1. The molecule has 1 heterocycles. The lowest BCUT2D eigenvalue weighted by Gasteiger charge is -2.25. The Kier molecular flexibility index (Phi) is 4.42. The van der Waals surface area contributed by atoms with Crippen molar-refractivity contribution >= 4 is 17.5 Å². The van der Waals surface area contributed by atoms with Crippen LogP contribution in [0.1, 0.15) is 0 Å². The third-order valence-corrected chi connectivity index (χ3v) is 3.30. The van der Waals surface area contributed by atoms with E-state index in [2.05, 4.69) is 10.6 Å². The molecule has 2 N–H and O–H groups in total. The summed E-state index contributed by atoms with van der Waals surface area (Å²) in [5, 5.41) is 5.38. The number of carbonyl (C=O) groups is 2. The van der Waals surface area contributed by atoms with Gasteiger partial charge in [-0.15, -0.1) is 0 Å². The van der Waals surface area contributed by atoms with E-state index in [1.165, 1.54) is 0 Å². The van der Waals surface area contributed by atoms with Crippen molar-refractivity contribution in [1.29, 1.82) is 0 Å². The number of nitrogens with one attached hydrogen (secondary N) is 2. The largest absolute Gasteiger partial charge is 0.484 e. The first kappa shape index (κ1) is 14.9. The minimum absolute atomic E-state index is 0.0805. The smallest absolute Gasteiger partial charge is 0.267 e. The SMILES string of the molecule is O=C(COc1ccccc1)NCC1Oc2ccccc2NC1=O. The Balaban J connectivity index is 1.48. The van der Waals surface area contributed by atoms with Crippen LogP contribution >= 0.6 is 0 Å². The van der Waals surface area contributed by atoms with Gasteiger partial charge in [0, 0.05) is 0 Å². The number of rotatable bonds is 5. The average Bonchev–Trinajstić information content (AvgIpc) is 2.59. The molecule has 0 saturated heterocycles. The lowest BCUT2D eigenvalue weighted by Crippen LogP contribution is -2.46. The number of anilines is 1. The molecule has 0 fully saturated rings. The van der Waals surface area contributed by atoms with E-state index in [1.54, 1.807) is 24.3 Å². The second kappa shape index (κ2) is 6.83. The van der Waals surface area contributed by atoms with Crippen molar-refractivity contribution in [2.75, 3.05) is 18.5 Å². The highest BCUT2D eigenvalue weighted by Crippen LogP contribution is 2.28. The van der Waals surface area contributed by atoms with Crippen LogP contribution in [0.5, 0.6) is 11.5 Å². The third kappa shape index (κ3) is 3.79. The fourth-order valence-corrected chi connectivity index (χ4v) is 2.15. The van der Waals surface area contributed by atoms with E-state index in [-0.39, 0.29) is 25.0 Å². The Labute approximate surface area is 133 Å². The summed E-state index contributed by atoms with van der Waals surface area (Å²) in [6.07, 6.45) is -0.759. The Morgan fingerprint density at radius 2 is 1.87 bits per heavy atom. The maximum atomic E-state index is 11.9. The number of para-hydroxylation sites is 3. The summed E-state index contributed by atoms with van der Waals surface area (Å²) in [5.41, 5.74) is 0.632. The minimum atomic E-state index is -0.759. The normalized spacial score (nSPS) is 15.8. The fourth-order valence-electron chi connectivity index (χ4n) is 2.15. The molecule has 0 saturated carbocycles. The molecule has 6 heteroatoms. The molecule has 1 aliphatic rings. The Bertz CT molecular complexity index is 703. The van der Waals surface area contributed by atoms with Gasteiger partial charge in [-0.1, -0.05) is 30.3 Å². The van der Waals surface area contributed by atoms with Crippen LogP contribution in [0.3, 0.4) is 0 Å². The van der Waals surface area contributed by atoms with Crippen LogP contribution < -0.4 is 20.1 Å². The predicted octanol–water partition coefficient (Wildman–Crippen LogP) is 1.58. The second-order valence-corrected chi connectivity index (χ2v) is 5.00. The van der Waals surface area contributed by atoms with Crippen LogP contribution in [0, 0.1) is 0 Å².